The Balaban J connectivity index is 2.28. The Morgan fingerprint density at radius 1 is 1.36 bits per heavy atom. The third-order valence-electron chi connectivity index (χ3n) is 3.31. The van der Waals surface area contributed by atoms with E-state index in [0.717, 1.165) is 11.5 Å². The number of benzene rings is 1. The van der Waals surface area contributed by atoms with Gasteiger partial charge in [0.25, 0.3) is 0 Å². The minimum atomic E-state index is 0.684. The van der Waals surface area contributed by atoms with Gasteiger partial charge in [-0.3, -0.25) is 0 Å². The van der Waals surface area contributed by atoms with Crippen LogP contribution in [0.25, 0.3) is 0 Å². The molecule has 2 atom stereocenters. The van der Waals surface area contributed by atoms with Gasteiger partial charge in [0.2, 0.25) is 0 Å². The molecule has 0 aliphatic heterocycles. The lowest BCUT2D eigenvalue weighted by Crippen LogP contribution is -2.01. The highest BCUT2D eigenvalue weighted by molar-refractivity contribution is 5.34. The first-order valence-electron chi connectivity index (χ1n) is 5.31. The molecule has 0 radical (unpaired) electrons. The van der Waals surface area contributed by atoms with Crippen LogP contribution >= 0.6 is 0 Å². The van der Waals surface area contributed by atoms with Crippen molar-refractivity contribution in [3.05, 3.63) is 35.4 Å². The van der Waals surface area contributed by atoms with E-state index in [4.69, 9.17) is 5.26 Å². The van der Waals surface area contributed by atoms with Gasteiger partial charge in [-0.25, -0.2) is 0 Å². The second-order valence-corrected chi connectivity index (χ2v) is 4.25. The van der Waals surface area contributed by atoms with Crippen molar-refractivity contribution in [2.75, 3.05) is 0 Å². The smallest absolute Gasteiger partial charge is 0.0991 e. The molecule has 1 aliphatic rings. The van der Waals surface area contributed by atoms with Crippen LogP contribution in [0.4, 0.5) is 0 Å². The van der Waals surface area contributed by atoms with Crippen molar-refractivity contribution in [2.45, 2.75) is 32.1 Å². The van der Waals surface area contributed by atoms with E-state index >= 15 is 0 Å². The zero-order chi connectivity index (χ0) is 9.97. The Morgan fingerprint density at radius 3 is 2.86 bits per heavy atom. The zero-order valence-electron chi connectivity index (χ0n) is 8.53. The van der Waals surface area contributed by atoms with Crippen LogP contribution in [0.15, 0.2) is 24.3 Å². The fourth-order valence-electron chi connectivity index (χ4n) is 2.48. The average Bonchev–Trinajstić information content (AvgIpc) is 2.65. The normalized spacial score (nSPS) is 26.0. The fourth-order valence-corrected chi connectivity index (χ4v) is 2.48. The van der Waals surface area contributed by atoms with Crippen LogP contribution in [0.1, 0.15) is 43.2 Å². The molecular formula is C13H15N. The second kappa shape index (κ2) is 3.84. The Hall–Kier alpha value is -1.29. The first-order valence-corrected chi connectivity index (χ1v) is 5.31. The van der Waals surface area contributed by atoms with E-state index in [1.807, 2.05) is 18.2 Å². The quantitative estimate of drug-likeness (QED) is 0.657. The highest BCUT2D eigenvalue weighted by atomic mass is 14.3. The number of nitrogens with zero attached hydrogens (tertiary/aromatic N) is 1. The molecule has 2 rings (SSSR count). The molecule has 0 spiro atoms. The van der Waals surface area contributed by atoms with Crippen LogP contribution in [0, 0.1) is 17.2 Å². The van der Waals surface area contributed by atoms with Gasteiger partial charge in [-0.2, -0.15) is 5.26 Å². The highest BCUT2D eigenvalue weighted by Crippen LogP contribution is 2.39. The van der Waals surface area contributed by atoms with Gasteiger partial charge < -0.3 is 0 Å². The molecule has 1 saturated carbocycles. The predicted octanol–water partition coefficient (Wildman–Crippen LogP) is 3.46. The number of hydrogen-bond acceptors (Lipinski definition) is 1. The minimum Gasteiger partial charge on any atom is -0.192 e. The fraction of sp³-hybridized carbons (Fsp3) is 0.462. The second-order valence-electron chi connectivity index (χ2n) is 4.25. The van der Waals surface area contributed by atoms with E-state index in [9.17, 15) is 0 Å². The molecule has 0 bridgehead atoms. The highest BCUT2D eigenvalue weighted by Gasteiger charge is 2.24. The SMILES string of the molecule is C[C@H]1CCCC1c1cccc(C#N)c1. The topological polar surface area (TPSA) is 23.8 Å². The molecule has 1 heteroatoms. The van der Waals surface area contributed by atoms with E-state index < -0.39 is 0 Å². The molecule has 1 aromatic carbocycles. The predicted molar refractivity (Wildman–Crippen MR) is 56.9 cm³/mol. The monoisotopic (exact) mass is 185 g/mol. The Bertz CT molecular complexity index is 362. The van der Waals surface area contributed by atoms with Crippen molar-refractivity contribution in [1.29, 1.82) is 5.26 Å². The third kappa shape index (κ3) is 1.65. The summed E-state index contributed by atoms with van der Waals surface area (Å²) < 4.78 is 0. The van der Waals surface area contributed by atoms with E-state index in [1.54, 1.807) is 0 Å². The maximum atomic E-state index is 8.82. The lowest BCUT2D eigenvalue weighted by atomic mass is 9.89. The van der Waals surface area contributed by atoms with E-state index in [1.165, 1.54) is 24.8 Å². The van der Waals surface area contributed by atoms with E-state index in [2.05, 4.69) is 19.1 Å². The molecular weight excluding hydrogens is 170 g/mol. The van der Waals surface area contributed by atoms with Crippen LogP contribution in [-0.4, -0.2) is 0 Å². The number of rotatable bonds is 1. The minimum absolute atomic E-state index is 0.684. The molecule has 0 heterocycles. The molecule has 1 nitrogen and oxygen atoms in total. The summed E-state index contributed by atoms with van der Waals surface area (Å²) in [5.74, 6) is 1.47. The summed E-state index contributed by atoms with van der Waals surface area (Å²) in [4.78, 5) is 0. The lowest BCUT2D eigenvalue weighted by Gasteiger charge is -2.15. The average molecular weight is 185 g/mol. The summed E-state index contributed by atoms with van der Waals surface area (Å²) in [6.07, 6.45) is 3.96. The van der Waals surface area contributed by atoms with Crippen LogP contribution in [0.5, 0.6) is 0 Å². The largest absolute Gasteiger partial charge is 0.192 e. The van der Waals surface area contributed by atoms with Gasteiger partial charge in [0.05, 0.1) is 11.6 Å². The summed E-state index contributed by atoms with van der Waals surface area (Å²) in [6.45, 7) is 2.32. The molecule has 72 valence electrons. The van der Waals surface area contributed by atoms with Crippen LogP contribution in [0.3, 0.4) is 0 Å². The van der Waals surface area contributed by atoms with Crippen molar-refractivity contribution >= 4 is 0 Å². The maximum absolute atomic E-state index is 8.82. The summed E-state index contributed by atoms with van der Waals surface area (Å²) in [5, 5.41) is 8.82. The van der Waals surface area contributed by atoms with Gasteiger partial charge in [0.15, 0.2) is 0 Å². The molecule has 0 N–H and O–H groups in total. The van der Waals surface area contributed by atoms with Crippen LogP contribution in [-0.2, 0) is 0 Å². The van der Waals surface area contributed by atoms with Crippen molar-refractivity contribution in [3.8, 4) is 6.07 Å². The molecule has 0 aromatic heterocycles. The Kier molecular flexibility index (Phi) is 2.54. The standard InChI is InChI=1S/C13H15N/c1-10-4-2-7-13(10)12-6-3-5-11(8-12)9-14/h3,5-6,8,10,13H,2,4,7H2,1H3/t10-,13?/m0/s1. The van der Waals surface area contributed by atoms with Crippen LogP contribution in [0.2, 0.25) is 0 Å². The maximum Gasteiger partial charge on any atom is 0.0991 e. The summed E-state index contributed by atoms with van der Waals surface area (Å²) in [5.41, 5.74) is 2.15. The zero-order valence-corrected chi connectivity index (χ0v) is 8.53. The van der Waals surface area contributed by atoms with E-state index in [-0.39, 0.29) is 0 Å². The van der Waals surface area contributed by atoms with Gasteiger partial charge in [-0.05, 0) is 36.0 Å². The first-order chi connectivity index (χ1) is 6.81. The van der Waals surface area contributed by atoms with E-state index in [0.29, 0.717) is 5.92 Å². The first kappa shape index (κ1) is 9.27. The van der Waals surface area contributed by atoms with Crippen molar-refractivity contribution in [1.82, 2.24) is 0 Å². The summed E-state index contributed by atoms with van der Waals surface area (Å²) in [6, 6.07) is 10.3. The van der Waals surface area contributed by atoms with Crippen molar-refractivity contribution in [2.24, 2.45) is 5.92 Å². The van der Waals surface area contributed by atoms with Crippen molar-refractivity contribution in [3.63, 3.8) is 0 Å². The third-order valence-corrected chi connectivity index (χ3v) is 3.31. The molecule has 0 saturated heterocycles. The van der Waals surface area contributed by atoms with Gasteiger partial charge in [-0.1, -0.05) is 31.9 Å². The molecule has 0 amide bonds. The van der Waals surface area contributed by atoms with Gasteiger partial charge in [0, 0.05) is 0 Å². The Labute approximate surface area is 85.4 Å². The Morgan fingerprint density at radius 2 is 2.21 bits per heavy atom. The van der Waals surface area contributed by atoms with Gasteiger partial charge in [0.1, 0.15) is 0 Å². The molecule has 1 aliphatic carbocycles. The number of nitriles is 1. The molecule has 1 aromatic rings. The van der Waals surface area contributed by atoms with Gasteiger partial charge in [-0.15, -0.1) is 0 Å². The van der Waals surface area contributed by atoms with Crippen molar-refractivity contribution < 1.29 is 0 Å². The molecule has 1 unspecified atom stereocenters. The number of hydrogen-bond donors (Lipinski definition) is 0. The molecule has 1 fully saturated rings. The summed E-state index contributed by atoms with van der Waals surface area (Å²) in [7, 11) is 0. The summed E-state index contributed by atoms with van der Waals surface area (Å²) >= 11 is 0. The van der Waals surface area contributed by atoms with Crippen LogP contribution < -0.4 is 0 Å². The van der Waals surface area contributed by atoms with Gasteiger partial charge >= 0.3 is 0 Å². The lowest BCUT2D eigenvalue weighted by molar-refractivity contribution is 0.533. The molecule has 14 heavy (non-hydrogen) atoms.